The molecule has 3 unspecified atom stereocenters. The normalized spacial score (nSPS) is 28.1. The predicted octanol–water partition coefficient (Wildman–Crippen LogP) is 3.75. The molecule has 1 aromatic rings. The monoisotopic (exact) mass is 453 g/mol. The molecule has 2 amide bonds. The van der Waals surface area contributed by atoms with Crippen molar-refractivity contribution in [1.29, 1.82) is 5.26 Å². The Labute approximate surface area is 190 Å². The summed E-state index contributed by atoms with van der Waals surface area (Å²) < 4.78 is 19.3. The van der Waals surface area contributed by atoms with Crippen molar-refractivity contribution >= 4 is 21.6 Å². The molecule has 170 valence electrons. The summed E-state index contributed by atoms with van der Waals surface area (Å²) in [5, 5.41) is 13.5. The third-order valence-electron chi connectivity index (χ3n) is 7.63. The van der Waals surface area contributed by atoms with Gasteiger partial charge in [-0.05, 0) is 98.4 Å². The summed E-state index contributed by atoms with van der Waals surface area (Å²) in [6, 6.07) is 1.75. The van der Waals surface area contributed by atoms with E-state index in [1.165, 1.54) is 27.7 Å². The fraction of sp³-hybridized carbons (Fsp3) is 0.583. The number of urea groups is 1. The van der Waals surface area contributed by atoms with E-state index in [0.717, 1.165) is 70.1 Å². The van der Waals surface area contributed by atoms with Crippen molar-refractivity contribution in [3.63, 3.8) is 0 Å². The second kappa shape index (κ2) is 8.53. The van der Waals surface area contributed by atoms with E-state index in [9.17, 15) is 9.00 Å². The second-order valence-corrected chi connectivity index (χ2v) is 11.6. The van der Waals surface area contributed by atoms with Crippen LogP contribution in [0.25, 0.3) is 0 Å². The maximum Gasteiger partial charge on any atom is 0.331 e. The Kier molecular flexibility index (Phi) is 5.72. The molecule has 8 heteroatoms. The summed E-state index contributed by atoms with van der Waals surface area (Å²) in [7, 11) is -1.14. The summed E-state index contributed by atoms with van der Waals surface area (Å²) in [4.78, 5) is 15.3. The number of nitrogens with one attached hydrogen (secondary N) is 2. The number of rotatable bonds is 4. The Morgan fingerprint density at radius 3 is 2.38 bits per heavy atom. The molecule has 7 nitrogen and oxygen atoms in total. The smallest absolute Gasteiger partial charge is 0.307 e. The van der Waals surface area contributed by atoms with Gasteiger partial charge >= 0.3 is 6.03 Å². The number of allylic oxidation sites excluding steroid dienone is 1. The number of carbonyl (C=O) groups is 1. The first-order chi connectivity index (χ1) is 15.4. The standard InChI is InChI=1S/C24H31N5O2S/c1-29-13-19-10-16(11-20(19)14-29)8-9-32(31,26-15-25)28-24(30)27-23-21-6-2-4-17(21)12-18-5-3-7-22(18)23/h8-9,12,16,19-20H,2-7,10-11,13-14H2,1H3,(H2,26,27,28,30,31)/b9-8+. The van der Waals surface area contributed by atoms with Gasteiger partial charge in [-0.3, -0.25) is 0 Å². The number of nitriles is 1. The maximum atomic E-state index is 13.3. The molecule has 32 heavy (non-hydrogen) atoms. The number of benzene rings is 1. The Bertz CT molecular complexity index is 1080. The van der Waals surface area contributed by atoms with Crippen LogP contribution in [0.3, 0.4) is 0 Å². The average molecular weight is 454 g/mol. The lowest BCUT2D eigenvalue weighted by Gasteiger charge is -2.17. The number of aryl methyl sites for hydroxylation is 2. The van der Waals surface area contributed by atoms with Crippen LogP contribution in [0.4, 0.5) is 10.5 Å². The summed E-state index contributed by atoms with van der Waals surface area (Å²) >= 11 is 0. The van der Waals surface area contributed by atoms with Gasteiger partial charge in [-0.2, -0.15) is 5.26 Å². The van der Waals surface area contributed by atoms with E-state index in [-0.39, 0.29) is 0 Å². The first-order valence-corrected chi connectivity index (χ1v) is 13.3. The second-order valence-electron chi connectivity index (χ2n) is 9.85. The minimum Gasteiger partial charge on any atom is -0.307 e. The Morgan fingerprint density at radius 1 is 1.16 bits per heavy atom. The SMILES string of the molecule is CN1CC2CC(/C=C/S(=O)(=NC#N)NC(=O)Nc3c4c(cc5c3CCC5)CCC4)CC2C1. The molecular weight excluding hydrogens is 422 g/mol. The first kappa shape index (κ1) is 21.5. The number of nitrogens with zero attached hydrogens (tertiary/aromatic N) is 3. The van der Waals surface area contributed by atoms with Crippen LogP contribution in [0.2, 0.25) is 0 Å². The molecule has 0 aromatic heterocycles. The van der Waals surface area contributed by atoms with Gasteiger partial charge in [0.2, 0.25) is 6.19 Å². The van der Waals surface area contributed by atoms with Crippen molar-refractivity contribution in [2.24, 2.45) is 22.1 Å². The lowest BCUT2D eigenvalue weighted by molar-refractivity contribution is 0.257. The molecule has 4 aliphatic rings. The third-order valence-corrected chi connectivity index (χ3v) is 8.99. The van der Waals surface area contributed by atoms with Crippen molar-refractivity contribution < 1.29 is 9.00 Å². The van der Waals surface area contributed by atoms with Crippen molar-refractivity contribution in [2.45, 2.75) is 51.4 Å². The van der Waals surface area contributed by atoms with Crippen molar-refractivity contribution in [2.75, 3.05) is 25.5 Å². The van der Waals surface area contributed by atoms with E-state index in [1.54, 1.807) is 6.19 Å². The number of hydrogen-bond acceptors (Lipinski definition) is 5. The zero-order valence-electron chi connectivity index (χ0n) is 18.6. The number of carbonyl (C=O) groups excluding carboxylic acids is 1. The molecule has 2 fully saturated rings. The van der Waals surface area contributed by atoms with Crippen LogP contribution in [-0.4, -0.2) is 35.3 Å². The number of fused-ring (bicyclic) bond motifs is 3. The average Bonchev–Trinajstić information content (AvgIpc) is 3.49. The van der Waals surface area contributed by atoms with Crippen molar-refractivity contribution in [3.8, 4) is 6.19 Å². The van der Waals surface area contributed by atoms with Gasteiger partial charge < -0.3 is 10.2 Å². The minimum absolute atomic E-state index is 0.318. The largest absolute Gasteiger partial charge is 0.331 e. The number of likely N-dealkylation sites (tertiary alicyclic amines) is 1. The van der Waals surface area contributed by atoms with E-state index < -0.39 is 15.9 Å². The van der Waals surface area contributed by atoms with Crippen LogP contribution in [0.5, 0.6) is 0 Å². The lowest BCUT2D eigenvalue weighted by Crippen LogP contribution is -2.33. The van der Waals surface area contributed by atoms with Crippen LogP contribution in [0.1, 0.15) is 47.9 Å². The fourth-order valence-electron chi connectivity index (χ4n) is 6.34. The third kappa shape index (κ3) is 4.16. The van der Waals surface area contributed by atoms with Gasteiger partial charge in [0.15, 0.2) is 9.92 Å². The quantitative estimate of drug-likeness (QED) is 0.679. The van der Waals surface area contributed by atoms with Crippen LogP contribution < -0.4 is 10.0 Å². The zero-order valence-corrected chi connectivity index (χ0v) is 19.4. The summed E-state index contributed by atoms with van der Waals surface area (Å²) in [6.45, 7) is 2.22. The summed E-state index contributed by atoms with van der Waals surface area (Å²) in [5.41, 5.74) is 5.95. The fourth-order valence-corrected chi connectivity index (χ4v) is 7.39. The van der Waals surface area contributed by atoms with Gasteiger partial charge in [0.25, 0.3) is 0 Å². The summed E-state index contributed by atoms with van der Waals surface area (Å²) in [6.07, 6.45) is 11.8. The van der Waals surface area contributed by atoms with Gasteiger partial charge in [-0.15, -0.1) is 0 Å². The van der Waals surface area contributed by atoms with Gasteiger partial charge in [-0.25, -0.2) is 13.7 Å². The molecule has 2 N–H and O–H groups in total. The van der Waals surface area contributed by atoms with Crippen molar-refractivity contribution in [1.82, 2.24) is 9.62 Å². The highest BCUT2D eigenvalue weighted by Crippen LogP contribution is 2.42. The van der Waals surface area contributed by atoms with Gasteiger partial charge in [0.05, 0.1) is 0 Å². The molecule has 0 bridgehead atoms. The molecule has 3 atom stereocenters. The maximum absolute atomic E-state index is 13.3. The van der Waals surface area contributed by atoms with Crippen LogP contribution >= 0.6 is 0 Å². The Morgan fingerprint density at radius 2 is 1.78 bits per heavy atom. The molecule has 0 radical (unpaired) electrons. The molecule has 0 spiro atoms. The van der Waals surface area contributed by atoms with Crippen LogP contribution in [0.15, 0.2) is 21.9 Å². The number of anilines is 1. The topological polar surface area (TPSA) is 97.6 Å². The van der Waals surface area contributed by atoms with E-state index in [1.807, 2.05) is 6.08 Å². The van der Waals surface area contributed by atoms with E-state index in [2.05, 4.69) is 32.4 Å². The molecule has 5 rings (SSSR count). The van der Waals surface area contributed by atoms with Crippen LogP contribution in [-0.2, 0) is 35.6 Å². The number of amides is 2. The molecule has 1 aliphatic heterocycles. The van der Waals surface area contributed by atoms with Crippen molar-refractivity contribution in [3.05, 3.63) is 39.8 Å². The van der Waals surface area contributed by atoms with E-state index in [0.29, 0.717) is 17.8 Å². The zero-order chi connectivity index (χ0) is 22.3. The van der Waals surface area contributed by atoms with E-state index >= 15 is 0 Å². The number of hydrogen-bond donors (Lipinski definition) is 2. The molecule has 3 aliphatic carbocycles. The molecule has 1 aromatic carbocycles. The predicted molar refractivity (Wildman–Crippen MR) is 125 cm³/mol. The summed E-state index contributed by atoms with van der Waals surface area (Å²) in [5.74, 6) is 1.67. The molecule has 1 saturated carbocycles. The molecule has 1 heterocycles. The molecule has 1 saturated heterocycles. The Hall–Kier alpha value is -2.37. The van der Waals surface area contributed by atoms with Crippen LogP contribution in [0, 0.1) is 29.2 Å². The lowest BCUT2D eigenvalue weighted by atomic mass is 9.99. The highest BCUT2D eigenvalue weighted by molar-refractivity contribution is 7.95. The van der Waals surface area contributed by atoms with Gasteiger partial charge in [-0.1, -0.05) is 16.5 Å². The van der Waals surface area contributed by atoms with Gasteiger partial charge in [0.1, 0.15) is 0 Å². The Balaban J connectivity index is 1.30. The first-order valence-electron chi connectivity index (χ1n) is 11.7. The highest BCUT2D eigenvalue weighted by Gasteiger charge is 2.38. The highest BCUT2D eigenvalue weighted by atomic mass is 32.2. The van der Waals surface area contributed by atoms with Gasteiger partial charge in [0, 0.05) is 24.2 Å². The van der Waals surface area contributed by atoms with E-state index in [4.69, 9.17) is 5.26 Å². The minimum atomic E-state index is -3.30. The molecular formula is C24H31N5O2S.